The van der Waals surface area contributed by atoms with Crippen LogP contribution in [0.4, 0.5) is 0 Å². The number of rotatable bonds is 6. The lowest BCUT2D eigenvalue weighted by Crippen LogP contribution is -2.48. The molecule has 1 atom stereocenters. The maximum absolute atomic E-state index is 11.5. The van der Waals surface area contributed by atoms with Gasteiger partial charge in [-0.1, -0.05) is 24.3 Å². The molecule has 1 rings (SSSR count). The number of carbonyl (C=O) groups excluding carboxylic acids is 1. The fourth-order valence-electron chi connectivity index (χ4n) is 1.68. The fraction of sp³-hybridized carbons (Fsp3) is 0.385. The van der Waals surface area contributed by atoms with Crippen molar-refractivity contribution in [3.63, 3.8) is 0 Å². The lowest BCUT2D eigenvalue weighted by atomic mass is 10.1. The fourth-order valence-corrected chi connectivity index (χ4v) is 1.68. The van der Waals surface area contributed by atoms with Gasteiger partial charge in [-0.3, -0.25) is 10.1 Å². The molecule has 0 heterocycles. The van der Waals surface area contributed by atoms with Crippen molar-refractivity contribution in [3.8, 4) is 0 Å². The monoisotopic (exact) mass is 250 g/mol. The number of hydrogen-bond donors (Lipinski definition) is 3. The number of carboxylic acids is 1. The van der Waals surface area contributed by atoms with E-state index in [1.807, 2.05) is 31.2 Å². The standard InChI is InChI=1S/C13H18N2O3/c1-9-5-3-4-6-10(9)7-8-15-12(16)11(14-2)13(17)18/h3-6,11,14H,7-8H2,1-2H3,(H,15,16)(H,17,18). The van der Waals surface area contributed by atoms with Crippen molar-refractivity contribution in [1.82, 2.24) is 10.6 Å². The van der Waals surface area contributed by atoms with Crippen LogP contribution >= 0.6 is 0 Å². The molecule has 0 radical (unpaired) electrons. The first-order valence-electron chi connectivity index (χ1n) is 5.78. The Kier molecular flexibility index (Phi) is 5.32. The Bertz CT molecular complexity index is 432. The van der Waals surface area contributed by atoms with Gasteiger partial charge in [0.05, 0.1) is 0 Å². The van der Waals surface area contributed by atoms with E-state index in [2.05, 4.69) is 10.6 Å². The topological polar surface area (TPSA) is 78.4 Å². The maximum Gasteiger partial charge on any atom is 0.330 e. The molecule has 0 aliphatic rings. The van der Waals surface area contributed by atoms with Crippen LogP contribution in [0.1, 0.15) is 11.1 Å². The number of benzene rings is 1. The first kappa shape index (κ1) is 14.2. The van der Waals surface area contributed by atoms with Crippen molar-refractivity contribution in [2.24, 2.45) is 0 Å². The Balaban J connectivity index is 2.45. The molecule has 98 valence electrons. The number of aryl methyl sites for hydroxylation is 1. The molecule has 0 bridgehead atoms. The molecule has 1 amide bonds. The normalized spacial score (nSPS) is 11.9. The van der Waals surface area contributed by atoms with Gasteiger partial charge < -0.3 is 10.4 Å². The molecule has 3 N–H and O–H groups in total. The van der Waals surface area contributed by atoms with Crippen LogP contribution in [0.2, 0.25) is 0 Å². The lowest BCUT2D eigenvalue weighted by molar-refractivity contribution is -0.143. The van der Waals surface area contributed by atoms with E-state index in [1.165, 1.54) is 7.05 Å². The first-order valence-corrected chi connectivity index (χ1v) is 5.78. The molecular formula is C13H18N2O3. The van der Waals surface area contributed by atoms with Crippen LogP contribution in [0, 0.1) is 6.92 Å². The van der Waals surface area contributed by atoms with Crippen molar-refractivity contribution in [1.29, 1.82) is 0 Å². The van der Waals surface area contributed by atoms with Crippen molar-refractivity contribution >= 4 is 11.9 Å². The van der Waals surface area contributed by atoms with E-state index < -0.39 is 17.9 Å². The third-order valence-electron chi connectivity index (χ3n) is 2.75. The summed E-state index contributed by atoms with van der Waals surface area (Å²) in [5.74, 6) is -1.69. The summed E-state index contributed by atoms with van der Waals surface area (Å²) in [5.41, 5.74) is 2.31. The molecule has 0 saturated carbocycles. The van der Waals surface area contributed by atoms with Crippen molar-refractivity contribution in [2.75, 3.05) is 13.6 Å². The van der Waals surface area contributed by atoms with Crippen molar-refractivity contribution in [3.05, 3.63) is 35.4 Å². The Morgan fingerprint density at radius 2 is 2.00 bits per heavy atom. The van der Waals surface area contributed by atoms with Crippen LogP contribution in [-0.4, -0.2) is 36.6 Å². The van der Waals surface area contributed by atoms with Gasteiger partial charge in [-0.25, -0.2) is 4.79 Å². The van der Waals surface area contributed by atoms with Gasteiger partial charge in [-0.15, -0.1) is 0 Å². The van der Waals surface area contributed by atoms with Crippen molar-refractivity contribution in [2.45, 2.75) is 19.4 Å². The second-order valence-corrected chi connectivity index (χ2v) is 4.03. The quantitative estimate of drug-likeness (QED) is 0.636. The van der Waals surface area contributed by atoms with E-state index in [9.17, 15) is 9.59 Å². The van der Waals surface area contributed by atoms with Crippen LogP contribution in [0.5, 0.6) is 0 Å². The number of likely N-dealkylation sites (N-methyl/N-ethyl adjacent to an activating group) is 1. The van der Waals surface area contributed by atoms with E-state index in [0.717, 1.165) is 11.1 Å². The largest absolute Gasteiger partial charge is 0.480 e. The predicted octanol–water partition coefficient (Wildman–Crippen LogP) is 0.326. The highest BCUT2D eigenvalue weighted by atomic mass is 16.4. The number of carboxylic acid groups (broad SMARTS) is 1. The van der Waals surface area contributed by atoms with Crippen molar-refractivity contribution < 1.29 is 14.7 Å². The molecule has 1 aromatic rings. The van der Waals surface area contributed by atoms with Crippen LogP contribution in [0.25, 0.3) is 0 Å². The molecule has 0 aliphatic heterocycles. The SMILES string of the molecule is CNC(C(=O)O)C(=O)NCCc1ccccc1C. The molecule has 0 spiro atoms. The number of nitrogens with one attached hydrogen (secondary N) is 2. The molecule has 1 unspecified atom stereocenters. The van der Waals surface area contributed by atoms with Crippen LogP contribution in [0.15, 0.2) is 24.3 Å². The minimum atomic E-state index is -1.19. The van der Waals surface area contributed by atoms with Gasteiger partial charge >= 0.3 is 5.97 Å². The average Bonchev–Trinajstić information content (AvgIpc) is 2.32. The minimum absolute atomic E-state index is 0.426. The molecule has 5 heteroatoms. The molecule has 0 aliphatic carbocycles. The molecule has 0 fully saturated rings. The van der Waals surface area contributed by atoms with E-state index in [0.29, 0.717) is 13.0 Å². The van der Waals surface area contributed by atoms with Gasteiger partial charge in [-0.2, -0.15) is 0 Å². The lowest BCUT2D eigenvalue weighted by Gasteiger charge is -2.12. The van der Waals surface area contributed by atoms with Crippen LogP contribution in [-0.2, 0) is 16.0 Å². The Labute approximate surface area is 106 Å². The van der Waals surface area contributed by atoms with Gasteiger partial charge in [0.15, 0.2) is 6.04 Å². The summed E-state index contributed by atoms with van der Waals surface area (Å²) in [5, 5.41) is 13.8. The summed E-state index contributed by atoms with van der Waals surface area (Å²) in [6.45, 7) is 2.43. The molecule has 1 aromatic carbocycles. The zero-order valence-electron chi connectivity index (χ0n) is 10.6. The molecule has 0 saturated heterocycles. The summed E-state index contributed by atoms with van der Waals surface area (Å²) in [4.78, 5) is 22.3. The molecule has 0 aromatic heterocycles. The van der Waals surface area contributed by atoms with Crippen LogP contribution < -0.4 is 10.6 Å². The molecule has 5 nitrogen and oxygen atoms in total. The van der Waals surface area contributed by atoms with Crippen LogP contribution in [0.3, 0.4) is 0 Å². The highest BCUT2D eigenvalue weighted by Crippen LogP contribution is 2.06. The number of aliphatic carboxylic acids is 1. The molecular weight excluding hydrogens is 232 g/mol. The van der Waals surface area contributed by atoms with E-state index in [1.54, 1.807) is 0 Å². The summed E-state index contributed by atoms with van der Waals surface area (Å²) < 4.78 is 0. The van der Waals surface area contributed by atoms with E-state index >= 15 is 0 Å². The summed E-state index contributed by atoms with van der Waals surface area (Å²) >= 11 is 0. The van der Waals surface area contributed by atoms with E-state index in [4.69, 9.17) is 5.11 Å². The maximum atomic E-state index is 11.5. The second kappa shape index (κ2) is 6.76. The highest BCUT2D eigenvalue weighted by molar-refractivity contribution is 6.01. The Hall–Kier alpha value is -1.88. The number of hydrogen-bond acceptors (Lipinski definition) is 3. The van der Waals surface area contributed by atoms with Gasteiger partial charge in [-0.05, 0) is 31.5 Å². The third kappa shape index (κ3) is 3.85. The first-order chi connectivity index (χ1) is 8.56. The number of amides is 1. The minimum Gasteiger partial charge on any atom is -0.480 e. The third-order valence-corrected chi connectivity index (χ3v) is 2.75. The van der Waals surface area contributed by atoms with Gasteiger partial charge in [0.1, 0.15) is 0 Å². The second-order valence-electron chi connectivity index (χ2n) is 4.03. The Morgan fingerprint density at radius 1 is 1.33 bits per heavy atom. The average molecular weight is 250 g/mol. The highest BCUT2D eigenvalue weighted by Gasteiger charge is 2.23. The van der Waals surface area contributed by atoms with Gasteiger partial charge in [0.2, 0.25) is 5.91 Å². The predicted molar refractivity (Wildman–Crippen MR) is 68.4 cm³/mol. The van der Waals surface area contributed by atoms with Gasteiger partial charge in [0, 0.05) is 6.54 Å². The zero-order chi connectivity index (χ0) is 13.5. The number of carbonyl (C=O) groups is 2. The Morgan fingerprint density at radius 3 is 2.56 bits per heavy atom. The molecule has 18 heavy (non-hydrogen) atoms. The summed E-state index contributed by atoms with van der Waals surface area (Å²) in [7, 11) is 1.44. The zero-order valence-corrected chi connectivity index (χ0v) is 10.6. The van der Waals surface area contributed by atoms with E-state index in [-0.39, 0.29) is 0 Å². The summed E-state index contributed by atoms with van der Waals surface area (Å²) in [6.07, 6.45) is 0.689. The van der Waals surface area contributed by atoms with Gasteiger partial charge in [0.25, 0.3) is 0 Å². The smallest absolute Gasteiger partial charge is 0.330 e. The summed E-state index contributed by atoms with van der Waals surface area (Å²) in [6, 6.07) is 6.71.